The number of hydrogen-bond donors (Lipinski definition) is 3. The van der Waals surface area contributed by atoms with Crippen molar-refractivity contribution in [1.29, 1.82) is 0 Å². The summed E-state index contributed by atoms with van der Waals surface area (Å²) in [5, 5.41) is 24.0. The van der Waals surface area contributed by atoms with Crippen LogP contribution in [0.3, 0.4) is 0 Å². The fourth-order valence-electron chi connectivity index (χ4n) is 4.71. The number of nitrogens with zero attached hydrogens (tertiary/aromatic N) is 5. The fraction of sp³-hybridized carbons (Fsp3) is 0.458. The van der Waals surface area contributed by atoms with E-state index in [9.17, 15) is 19.8 Å². The van der Waals surface area contributed by atoms with Crippen molar-refractivity contribution in [1.82, 2.24) is 24.4 Å². The molecule has 0 aliphatic carbocycles. The molecule has 190 valence electrons. The predicted molar refractivity (Wildman–Crippen MR) is 127 cm³/mol. The first-order valence-electron chi connectivity index (χ1n) is 11.6. The molecular weight excluding hydrogens is 468 g/mol. The number of rotatable bonds is 4. The summed E-state index contributed by atoms with van der Waals surface area (Å²) in [4.78, 5) is 39.8. The second-order valence-corrected chi connectivity index (χ2v) is 10.1. The number of carbonyl (C=O) groups excluding carboxylic acids is 2. The van der Waals surface area contributed by atoms with Gasteiger partial charge in [-0.3, -0.25) is 9.36 Å². The highest BCUT2D eigenvalue weighted by Gasteiger charge is 2.60. The standard InChI is InChI=1S/C24H28N6O6/c1-23(2,3)36-22(34)29-9-15-17(32)24(10-29,11-31)35-21(15)30-13-27-16-18(25-12-26-19(16)30)28-20(33)14-7-5-4-6-8-14/h4-8,12-13,15,17,21,31-32H,9-11H2,1-3H3,(H,25,26,28,33)/t15-,17+,21-,24-/m1/s1. The largest absolute Gasteiger partial charge is 0.444 e. The van der Waals surface area contributed by atoms with Crippen LogP contribution < -0.4 is 5.32 Å². The third-order valence-corrected chi connectivity index (χ3v) is 6.38. The lowest BCUT2D eigenvalue weighted by Gasteiger charge is -2.40. The van der Waals surface area contributed by atoms with Crippen molar-refractivity contribution in [2.24, 2.45) is 5.92 Å². The zero-order chi connectivity index (χ0) is 25.7. The molecule has 2 bridgehead atoms. The Bertz CT molecular complexity index is 1290. The maximum atomic E-state index is 12.8. The van der Waals surface area contributed by atoms with Crippen LogP contribution in [0.1, 0.15) is 37.4 Å². The summed E-state index contributed by atoms with van der Waals surface area (Å²) in [6.07, 6.45) is 0.413. The van der Waals surface area contributed by atoms with Gasteiger partial charge < -0.3 is 29.9 Å². The summed E-state index contributed by atoms with van der Waals surface area (Å²) in [6.45, 7) is 4.92. The first kappa shape index (κ1) is 24.1. The van der Waals surface area contributed by atoms with E-state index < -0.39 is 42.2 Å². The van der Waals surface area contributed by atoms with Crippen molar-refractivity contribution in [3.05, 3.63) is 48.5 Å². The Balaban J connectivity index is 1.45. The minimum absolute atomic E-state index is 0.0351. The van der Waals surface area contributed by atoms with E-state index in [1.807, 2.05) is 6.07 Å². The van der Waals surface area contributed by atoms with Gasteiger partial charge in [-0.2, -0.15) is 0 Å². The topological polar surface area (TPSA) is 152 Å². The van der Waals surface area contributed by atoms with Gasteiger partial charge in [0.05, 0.1) is 31.5 Å². The summed E-state index contributed by atoms with van der Waals surface area (Å²) in [6, 6.07) is 8.71. The molecule has 5 rings (SSSR count). The first-order valence-corrected chi connectivity index (χ1v) is 11.6. The second-order valence-electron chi connectivity index (χ2n) is 10.1. The van der Waals surface area contributed by atoms with Gasteiger partial charge in [-0.05, 0) is 32.9 Å². The van der Waals surface area contributed by atoms with Crippen LogP contribution in [0.4, 0.5) is 10.6 Å². The van der Waals surface area contributed by atoms with Crippen LogP contribution in [-0.2, 0) is 9.47 Å². The second kappa shape index (κ2) is 8.80. The van der Waals surface area contributed by atoms with Crippen molar-refractivity contribution < 1.29 is 29.3 Å². The van der Waals surface area contributed by atoms with Gasteiger partial charge >= 0.3 is 6.09 Å². The van der Waals surface area contributed by atoms with E-state index in [0.717, 1.165) is 0 Å². The molecule has 3 aromatic rings. The number of aliphatic hydroxyl groups excluding tert-OH is 2. The summed E-state index contributed by atoms with van der Waals surface area (Å²) in [7, 11) is 0. The first-order chi connectivity index (χ1) is 17.1. The molecule has 0 saturated carbocycles. The number of aliphatic hydroxyl groups is 2. The van der Waals surface area contributed by atoms with Gasteiger partial charge in [0.2, 0.25) is 0 Å². The highest BCUT2D eigenvalue weighted by Crippen LogP contribution is 2.46. The minimum atomic E-state index is -1.39. The lowest BCUT2D eigenvalue weighted by Crippen LogP contribution is -2.60. The zero-order valence-corrected chi connectivity index (χ0v) is 20.2. The molecule has 2 fully saturated rings. The van der Waals surface area contributed by atoms with E-state index in [4.69, 9.17) is 9.47 Å². The van der Waals surface area contributed by atoms with E-state index in [2.05, 4.69) is 20.3 Å². The van der Waals surface area contributed by atoms with Gasteiger partial charge in [-0.1, -0.05) is 18.2 Å². The number of piperidine rings is 1. The molecule has 12 nitrogen and oxygen atoms in total. The molecule has 0 unspecified atom stereocenters. The number of imidazole rings is 1. The van der Waals surface area contributed by atoms with Crippen molar-refractivity contribution in [3.63, 3.8) is 0 Å². The third kappa shape index (κ3) is 4.16. The van der Waals surface area contributed by atoms with Gasteiger partial charge in [0.15, 0.2) is 17.0 Å². The van der Waals surface area contributed by atoms with Crippen LogP contribution in [0.15, 0.2) is 43.0 Å². The summed E-state index contributed by atoms with van der Waals surface area (Å²) >= 11 is 0. The Kier molecular flexibility index (Phi) is 5.89. The number of nitrogens with one attached hydrogen (secondary N) is 1. The average molecular weight is 497 g/mol. The third-order valence-electron chi connectivity index (χ3n) is 6.38. The quantitative estimate of drug-likeness (QED) is 0.489. The van der Waals surface area contributed by atoms with E-state index >= 15 is 0 Å². The molecule has 4 heterocycles. The minimum Gasteiger partial charge on any atom is -0.444 e. The van der Waals surface area contributed by atoms with Crippen molar-refractivity contribution in [2.45, 2.75) is 44.3 Å². The molecule has 2 amide bonds. The molecule has 2 aliphatic heterocycles. The van der Waals surface area contributed by atoms with Crippen LogP contribution in [-0.4, -0.2) is 83.6 Å². The molecule has 3 N–H and O–H groups in total. The number of amides is 2. The number of ether oxygens (including phenoxy) is 2. The van der Waals surface area contributed by atoms with Gasteiger partial charge in [0.1, 0.15) is 23.8 Å². The van der Waals surface area contributed by atoms with Crippen molar-refractivity contribution in [2.75, 3.05) is 25.0 Å². The highest BCUT2D eigenvalue weighted by atomic mass is 16.6. The monoisotopic (exact) mass is 496 g/mol. The summed E-state index contributed by atoms with van der Waals surface area (Å²) in [5.41, 5.74) is -0.916. The molecule has 2 saturated heterocycles. The number of anilines is 1. The van der Waals surface area contributed by atoms with Crippen LogP contribution in [0.2, 0.25) is 0 Å². The molecule has 4 atom stereocenters. The predicted octanol–water partition coefficient (Wildman–Crippen LogP) is 1.57. The lowest BCUT2D eigenvalue weighted by molar-refractivity contribution is -0.138. The molecular formula is C24H28N6O6. The van der Waals surface area contributed by atoms with Crippen LogP contribution in [0, 0.1) is 5.92 Å². The molecule has 36 heavy (non-hydrogen) atoms. The van der Waals surface area contributed by atoms with Crippen LogP contribution in [0.25, 0.3) is 11.2 Å². The number of fused-ring (bicyclic) bond motifs is 3. The fourth-order valence-corrected chi connectivity index (χ4v) is 4.71. The number of benzene rings is 1. The van der Waals surface area contributed by atoms with E-state index in [1.165, 1.54) is 17.6 Å². The molecule has 12 heteroatoms. The summed E-state index contributed by atoms with van der Waals surface area (Å²) < 4.78 is 13.3. The number of aromatic nitrogens is 4. The Labute approximate surface area is 206 Å². The Morgan fingerprint density at radius 1 is 1.22 bits per heavy atom. The maximum absolute atomic E-state index is 12.8. The van der Waals surface area contributed by atoms with Gasteiger partial charge in [0.25, 0.3) is 5.91 Å². The average Bonchev–Trinajstić information content (AvgIpc) is 3.32. The zero-order valence-electron chi connectivity index (χ0n) is 20.2. The van der Waals surface area contributed by atoms with Crippen LogP contribution >= 0.6 is 0 Å². The van der Waals surface area contributed by atoms with Gasteiger partial charge in [0, 0.05) is 12.1 Å². The number of hydrogen-bond acceptors (Lipinski definition) is 9. The maximum Gasteiger partial charge on any atom is 0.410 e. The molecule has 0 radical (unpaired) electrons. The number of carbonyl (C=O) groups is 2. The molecule has 1 aromatic carbocycles. The van der Waals surface area contributed by atoms with Crippen LogP contribution in [0.5, 0.6) is 0 Å². The number of likely N-dealkylation sites (tertiary alicyclic amines) is 1. The normalized spacial score (nSPS) is 25.7. The van der Waals surface area contributed by atoms with E-state index in [0.29, 0.717) is 16.7 Å². The van der Waals surface area contributed by atoms with Gasteiger partial charge in [-0.25, -0.2) is 19.7 Å². The Hall–Kier alpha value is -3.61. The SMILES string of the molecule is CC(C)(C)OC(=O)N1C[C@H]2[C@H](n3cnc4c(NC(=O)c5ccccc5)ncnc43)O[C@@](CO)(C1)[C@H]2O. The Morgan fingerprint density at radius 2 is 1.97 bits per heavy atom. The van der Waals surface area contributed by atoms with E-state index in [1.54, 1.807) is 49.6 Å². The summed E-state index contributed by atoms with van der Waals surface area (Å²) in [5.74, 6) is -0.713. The molecule has 2 aromatic heterocycles. The van der Waals surface area contributed by atoms with Crippen molar-refractivity contribution in [3.8, 4) is 0 Å². The van der Waals surface area contributed by atoms with E-state index in [-0.39, 0.29) is 24.8 Å². The van der Waals surface area contributed by atoms with Gasteiger partial charge in [-0.15, -0.1) is 0 Å². The highest BCUT2D eigenvalue weighted by molar-refractivity contribution is 6.06. The van der Waals surface area contributed by atoms with Crippen molar-refractivity contribution >= 4 is 29.0 Å². The molecule has 2 aliphatic rings. The smallest absolute Gasteiger partial charge is 0.410 e. The Morgan fingerprint density at radius 3 is 2.67 bits per heavy atom. The lowest BCUT2D eigenvalue weighted by atomic mass is 9.85. The molecule has 0 spiro atoms.